The van der Waals surface area contributed by atoms with E-state index in [1.165, 1.54) is 0 Å². The van der Waals surface area contributed by atoms with Crippen LogP contribution < -0.4 is 5.32 Å². The van der Waals surface area contributed by atoms with Crippen molar-refractivity contribution in [2.45, 2.75) is 111 Å². The highest BCUT2D eigenvalue weighted by molar-refractivity contribution is 5.98. The topological polar surface area (TPSA) is 141 Å². The molecule has 260 valence electrons. The standard InChI is InChI=1S/C35H54N6O6/c1-23(2)20-41(30(43)27-19-37-31(33(3,4)5)38-28(27)36-18-26-11-10-16-46-26)25-17-24(21-40(22-25)32(44)47-34(6,7)8)29(42)39-14-12-35(9,45)13-15-39/h10-11,16,19,23-25,45H,12-15,17-18,20-22H2,1-9H3,(H,36,37,38). The minimum atomic E-state index is -0.803. The van der Waals surface area contributed by atoms with E-state index in [0.717, 1.165) is 0 Å². The van der Waals surface area contributed by atoms with Gasteiger partial charge in [0.15, 0.2) is 0 Å². The van der Waals surface area contributed by atoms with Crippen LogP contribution in [0.3, 0.4) is 0 Å². The summed E-state index contributed by atoms with van der Waals surface area (Å²) in [5.41, 5.74) is -1.58. The second-order valence-electron chi connectivity index (χ2n) is 15.8. The van der Waals surface area contributed by atoms with Crippen LogP contribution >= 0.6 is 0 Å². The minimum Gasteiger partial charge on any atom is -0.467 e. The van der Waals surface area contributed by atoms with Crippen LogP contribution in [0, 0.1) is 11.8 Å². The first-order valence-electron chi connectivity index (χ1n) is 16.8. The van der Waals surface area contributed by atoms with Gasteiger partial charge in [-0.1, -0.05) is 34.6 Å². The van der Waals surface area contributed by atoms with E-state index < -0.39 is 29.3 Å². The molecule has 2 aliphatic rings. The van der Waals surface area contributed by atoms with Crippen LogP contribution in [-0.2, 0) is 21.5 Å². The van der Waals surface area contributed by atoms with Gasteiger partial charge < -0.3 is 34.3 Å². The Morgan fingerprint density at radius 1 is 1.13 bits per heavy atom. The Balaban J connectivity index is 1.68. The van der Waals surface area contributed by atoms with Crippen LogP contribution in [0.5, 0.6) is 0 Å². The van der Waals surface area contributed by atoms with E-state index in [0.29, 0.717) is 68.4 Å². The molecule has 2 unspecified atom stereocenters. The lowest BCUT2D eigenvalue weighted by Gasteiger charge is -2.45. The van der Waals surface area contributed by atoms with Crippen molar-refractivity contribution in [1.82, 2.24) is 24.7 Å². The summed E-state index contributed by atoms with van der Waals surface area (Å²) in [5.74, 6) is 0.886. The van der Waals surface area contributed by atoms with Crippen LogP contribution in [0.2, 0.25) is 0 Å². The third kappa shape index (κ3) is 9.68. The number of aromatic nitrogens is 2. The summed E-state index contributed by atoms with van der Waals surface area (Å²) in [5, 5.41) is 13.8. The van der Waals surface area contributed by atoms with E-state index in [1.54, 1.807) is 40.1 Å². The van der Waals surface area contributed by atoms with Crippen LogP contribution in [0.1, 0.15) is 104 Å². The number of hydrogen-bond donors (Lipinski definition) is 2. The van der Waals surface area contributed by atoms with Crippen molar-refractivity contribution < 1.29 is 28.6 Å². The predicted molar refractivity (Wildman–Crippen MR) is 179 cm³/mol. The van der Waals surface area contributed by atoms with E-state index in [4.69, 9.17) is 14.1 Å². The van der Waals surface area contributed by atoms with E-state index in [1.807, 2.05) is 61.5 Å². The fourth-order valence-corrected chi connectivity index (χ4v) is 5.98. The number of rotatable bonds is 8. The fraction of sp³-hybridized carbons (Fsp3) is 0.686. The number of carbonyl (C=O) groups excluding carboxylic acids is 3. The number of nitrogens with zero attached hydrogens (tertiary/aromatic N) is 5. The molecule has 0 saturated carbocycles. The molecule has 4 heterocycles. The summed E-state index contributed by atoms with van der Waals surface area (Å²) in [6.45, 7) is 19.3. The maximum Gasteiger partial charge on any atom is 0.410 e. The number of furan rings is 1. The lowest BCUT2D eigenvalue weighted by atomic mass is 9.89. The molecule has 2 N–H and O–H groups in total. The summed E-state index contributed by atoms with van der Waals surface area (Å²) in [6, 6.07) is 3.18. The molecular weight excluding hydrogens is 600 g/mol. The molecular formula is C35H54N6O6. The fourth-order valence-electron chi connectivity index (χ4n) is 5.98. The van der Waals surface area contributed by atoms with Gasteiger partial charge in [0.2, 0.25) is 5.91 Å². The number of carbonyl (C=O) groups is 3. The summed E-state index contributed by atoms with van der Waals surface area (Å²) < 4.78 is 11.3. The zero-order chi connectivity index (χ0) is 34.7. The van der Waals surface area contributed by atoms with Crippen molar-refractivity contribution in [3.8, 4) is 0 Å². The van der Waals surface area contributed by atoms with Crippen LogP contribution in [0.15, 0.2) is 29.0 Å². The number of aliphatic hydroxyl groups is 1. The monoisotopic (exact) mass is 654 g/mol. The summed E-state index contributed by atoms with van der Waals surface area (Å²) in [6.07, 6.45) is 4.01. The van der Waals surface area contributed by atoms with Crippen molar-refractivity contribution in [2.75, 3.05) is 38.0 Å². The van der Waals surface area contributed by atoms with Gasteiger partial charge in [0.25, 0.3) is 5.91 Å². The number of anilines is 1. The molecule has 12 nitrogen and oxygen atoms in total. The third-order valence-corrected chi connectivity index (χ3v) is 8.55. The highest BCUT2D eigenvalue weighted by atomic mass is 16.6. The normalized spacial score (nSPS) is 20.2. The Morgan fingerprint density at radius 3 is 2.38 bits per heavy atom. The average Bonchev–Trinajstić information content (AvgIpc) is 3.50. The molecule has 2 aliphatic heterocycles. The van der Waals surface area contributed by atoms with Crippen LogP contribution in [0.4, 0.5) is 10.6 Å². The van der Waals surface area contributed by atoms with Crippen molar-refractivity contribution in [3.05, 3.63) is 41.7 Å². The molecule has 0 bridgehead atoms. The highest BCUT2D eigenvalue weighted by Gasteiger charge is 2.42. The van der Waals surface area contributed by atoms with Crippen molar-refractivity contribution in [3.63, 3.8) is 0 Å². The van der Waals surface area contributed by atoms with E-state index in [2.05, 4.69) is 10.3 Å². The van der Waals surface area contributed by atoms with Crippen LogP contribution in [0.25, 0.3) is 0 Å². The summed E-state index contributed by atoms with van der Waals surface area (Å²) >= 11 is 0. The molecule has 2 aromatic rings. The SMILES string of the molecule is CC(C)CN(C(=O)c1cnc(C(C)(C)C)nc1NCc1ccco1)C1CC(C(=O)N2CCC(C)(O)CC2)CN(C(=O)OC(C)(C)C)C1. The number of likely N-dealkylation sites (tertiary alicyclic amines) is 2. The third-order valence-electron chi connectivity index (χ3n) is 8.55. The quantitative estimate of drug-likeness (QED) is 0.399. The van der Waals surface area contributed by atoms with Gasteiger partial charge >= 0.3 is 6.09 Å². The molecule has 4 rings (SSSR count). The Hall–Kier alpha value is -3.67. The Morgan fingerprint density at radius 2 is 1.81 bits per heavy atom. The zero-order valence-corrected chi connectivity index (χ0v) is 29.6. The highest BCUT2D eigenvalue weighted by Crippen LogP contribution is 2.30. The molecule has 2 saturated heterocycles. The molecule has 2 aromatic heterocycles. The van der Waals surface area contributed by atoms with E-state index >= 15 is 0 Å². The zero-order valence-electron chi connectivity index (χ0n) is 29.6. The first-order valence-corrected chi connectivity index (χ1v) is 16.8. The van der Waals surface area contributed by atoms with Gasteiger partial charge in [-0.2, -0.15) is 0 Å². The Kier molecular flexibility index (Phi) is 10.9. The first-order chi connectivity index (χ1) is 21.8. The Labute approximate surface area is 279 Å². The molecule has 3 amide bonds. The molecule has 2 atom stereocenters. The molecule has 12 heteroatoms. The molecule has 0 spiro atoms. The van der Waals surface area contributed by atoms with Crippen molar-refractivity contribution in [2.24, 2.45) is 11.8 Å². The molecule has 47 heavy (non-hydrogen) atoms. The smallest absolute Gasteiger partial charge is 0.410 e. The van der Waals surface area contributed by atoms with Crippen molar-refractivity contribution in [1.29, 1.82) is 0 Å². The lowest BCUT2D eigenvalue weighted by Crippen LogP contribution is -2.58. The van der Waals surface area contributed by atoms with Gasteiger partial charge in [0, 0.05) is 44.3 Å². The molecule has 0 aliphatic carbocycles. The molecule has 2 fully saturated rings. The van der Waals surface area contributed by atoms with Gasteiger partial charge in [-0.25, -0.2) is 14.8 Å². The number of ether oxygens (including phenoxy) is 1. The van der Waals surface area contributed by atoms with Crippen LogP contribution in [-0.4, -0.2) is 97.6 Å². The summed E-state index contributed by atoms with van der Waals surface area (Å²) in [7, 11) is 0. The number of hydrogen-bond acceptors (Lipinski definition) is 9. The largest absolute Gasteiger partial charge is 0.467 e. The van der Waals surface area contributed by atoms with Gasteiger partial charge in [0.05, 0.1) is 30.4 Å². The van der Waals surface area contributed by atoms with E-state index in [-0.39, 0.29) is 36.2 Å². The number of nitrogens with one attached hydrogen (secondary N) is 1. The lowest BCUT2D eigenvalue weighted by molar-refractivity contribution is -0.141. The van der Waals surface area contributed by atoms with E-state index in [9.17, 15) is 19.5 Å². The molecule has 0 radical (unpaired) electrons. The van der Waals surface area contributed by atoms with Gasteiger partial charge in [-0.3, -0.25) is 9.59 Å². The summed E-state index contributed by atoms with van der Waals surface area (Å²) in [4.78, 5) is 56.5. The maximum atomic E-state index is 14.6. The number of piperidine rings is 2. The van der Waals surface area contributed by atoms with Gasteiger partial charge in [0.1, 0.15) is 28.6 Å². The second-order valence-corrected chi connectivity index (χ2v) is 15.8. The first kappa shape index (κ1) is 36.2. The van der Waals surface area contributed by atoms with Gasteiger partial charge in [-0.15, -0.1) is 0 Å². The maximum absolute atomic E-state index is 14.6. The molecule has 0 aromatic carbocycles. The number of amides is 3. The van der Waals surface area contributed by atoms with Crippen molar-refractivity contribution >= 4 is 23.7 Å². The average molecular weight is 655 g/mol. The minimum absolute atomic E-state index is 0.0747. The second kappa shape index (κ2) is 14.2. The predicted octanol–water partition coefficient (Wildman–Crippen LogP) is 5.08. The van der Waals surface area contributed by atoms with Gasteiger partial charge in [-0.05, 0) is 65.0 Å². The Bertz CT molecular complexity index is 1380.